The third-order valence-electron chi connectivity index (χ3n) is 3.84. The van der Waals surface area contributed by atoms with Gasteiger partial charge in [-0.1, -0.05) is 91.0 Å². The first-order chi connectivity index (χ1) is 14.2. The molecule has 0 bridgehead atoms. The number of hydrogen-bond donors (Lipinski definition) is 1. The fourth-order valence-corrected chi connectivity index (χ4v) is 2.40. The van der Waals surface area contributed by atoms with Crippen LogP contribution in [-0.2, 0) is 32.5 Å². The maximum atomic E-state index is 11.7. The molecule has 0 radical (unpaired) electrons. The summed E-state index contributed by atoms with van der Waals surface area (Å²) in [5.41, 5.74) is 2.44. The minimum absolute atomic E-state index is 0.147. The second-order valence-electron chi connectivity index (χ2n) is 6.06. The summed E-state index contributed by atoms with van der Waals surface area (Å²) in [5, 5.41) is 10.3. The van der Waals surface area contributed by atoms with Crippen molar-refractivity contribution in [2.45, 2.75) is 13.2 Å². The van der Waals surface area contributed by atoms with Gasteiger partial charge in [0.15, 0.2) is 0 Å². The molecule has 0 unspecified atom stereocenters. The van der Waals surface area contributed by atoms with E-state index in [1.54, 1.807) is 24.3 Å². The normalized spacial score (nSPS) is 11.4. The molecule has 148 valence electrons. The molecule has 0 aliphatic carbocycles. The second kappa shape index (κ2) is 10.8. The smallest absolute Gasteiger partial charge is 0.374 e. The van der Waals surface area contributed by atoms with Crippen molar-refractivity contribution in [3.05, 3.63) is 113 Å². The van der Waals surface area contributed by atoms with Gasteiger partial charge in [-0.15, -0.1) is 0 Å². The van der Waals surface area contributed by atoms with Gasteiger partial charge in [-0.2, -0.15) is 0 Å². The quantitative estimate of drug-likeness (QED) is 0.309. The van der Waals surface area contributed by atoms with Gasteiger partial charge in [-0.3, -0.25) is 0 Å². The summed E-state index contributed by atoms with van der Waals surface area (Å²) < 4.78 is 0. The van der Waals surface area contributed by atoms with Gasteiger partial charge in [0.25, 0.3) is 0 Å². The van der Waals surface area contributed by atoms with Crippen molar-refractivity contribution in [1.29, 1.82) is 0 Å². The van der Waals surface area contributed by atoms with Crippen LogP contribution in [0.25, 0.3) is 6.08 Å². The van der Waals surface area contributed by atoms with E-state index in [1.807, 2.05) is 66.7 Å². The number of carboxylic acids is 1. The molecule has 3 rings (SSSR count). The first-order valence-electron chi connectivity index (χ1n) is 9.02. The molecule has 3 aromatic carbocycles. The third kappa shape index (κ3) is 6.90. The fourth-order valence-electron chi connectivity index (χ4n) is 2.40. The average Bonchev–Trinajstić information content (AvgIpc) is 2.77. The van der Waals surface area contributed by atoms with Crippen molar-refractivity contribution in [2.75, 3.05) is 0 Å². The topological polar surface area (TPSA) is 68.2 Å². The van der Waals surface area contributed by atoms with E-state index in [0.29, 0.717) is 5.56 Å². The molecule has 0 saturated heterocycles. The Morgan fingerprint density at radius 3 is 1.66 bits per heavy atom. The van der Waals surface area contributed by atoms with E-state index in [2.05, 4.69) is 0 Å². The van der Waals surface area contributed by atoms with Crippen molar-refractivity contribution in [1.82, 2.24) is 5.39 Å². The van der Waals surface area contributed by atoms with Crippen LogP contribution in [0.1, 0.15) is 16.7 Å². The number of hydrogen-bond acceptors (Lipinski definition) is 5. The molecule has 0 saturated carbocycles. The summed E-state index contributed by atoms with van der Waals surface area (Å²) in [7, 11) is 0. The van der Waals surface area contributed by atoms with Gasteiger partial charge < -0.3 is 9.94 Å². The van der Waals surface area contributed by atoms with Crippen LogP contribution < -0.4 is 0 Å². The maximum Gasteiger partial charge on any atom is 0.374 e. The van der Waals surface area contributed by atoms with Crippen molar-refractivity contribution in [2.24, 2.45) is 0 Å². The van der Waals surface area contributed by atoms with E-state index >= 15 is 0 Å². The van der Waals surface area contributed by atoms with Crippen LogP contribution >= 0.6 is 0 Å². The monoisotopic (exact) mass is 391 g/mol. The minimum Gasteiger partial charge on any atom is -0.475 e. The summed E-state index contributed by atoms with van der Waals surface area (Å²) in [5.74, 6) is -1.58. The highest BCUT2D eigenvalue weighted by Gasteiger charge is 2.18. The van der Waals surface area contributed by atoms with Crippen LogP contribution in [0.4, 0.5) is 0 Å². The summed E-state index contributed by atoms with van der Waals surface area (Å²) >= 11 is 0. The predicted molar refractivity (Wildman–Crippen MR) is 107 cm³/mol. The van der Waals surface area contributed by atoms with E-state index in [9.17, 15) is 9.90 Å². The van der Waals surface area contributed by atoms with Crippen LogP contribution in [0.5, 0.6) is 0 Å². The first-order valence-corrected chi connectivity index (χ1v) is 9.02. The molecule has 6 nitrogen and oxygen atoms in total. The average molecular weight is 391 g/mol. The van der Waals surface area contributed by atoms with Gasteiger partial charge in [0.05, 0.1) is 13.2 Å². The third-order valence-corrected chi connectivity index (χ3v) is 3.84. The fraction of sp³-hybridized carbons (Fsp3) is 0.0870. The molecule has 3 aromatic rings. The highest BCUT2D eigenvalue weighted by atomic mass is 17.2. The summed E-state index contributed by atoms with van der Waals surface area (Å²) in [6, 6.07) is 27.8. The molecule has 29 heavy (non-hydrogen) atoms. The number of rotatable bonds is 10. The molecule has 0 fully saturated rings. The number of carboxylic acid groups (broad SMARTS) is 1. The highest BCUT2D eigenvalue weighted by Crippen LogP contribution is 2.14. The van der Waals surface area contributed by atoms with E-state index in [0.717, 1.165) is 16.5 Å². The van der Waals surface area contributed by atoms with Crippen molar-refractivity contribution >= 4 is 12.0 Å². The van der Waals surface area contributed by atoms with E-state index < -0.39 is 5.97 Å². The molecular formula is C23H21NO5. The summed E-state index contributed by atoms with van der Waals surface area (Å²) in [6.45, 7) is 0.293. The molecular weight excluding hydrogens is 370 g/mol. The lowest BCUT2D eigenvalue weighted by molar-refractivity contribution is -0.521. The number of benzene rings is 3. The Kier molecular flexibility index (Phi) is 7.54. The van der Waals surface area contributed by atoms with Gasteiger partial charge in [-0.25, -0.2) is 14.5 Å². The van der Waals surface area contributed by atoms with Crippen LogP contribution in [0.15, 0.2) is 96.8 Å². The molecule has 0 amide bonds. The van der Waals surface area contributed by atoms with Gasteiger partial charge in [0, 0.05) is 0 Å². The molecule has 0 aliphatic rings. The van der Waals surface area contributed by atoms with Crippen LogP contribution in [0, 0.1) is 0 Å². The lowest BCUT2D eigenvalue weighted by Gasteiger charge is -2.20. The lowest BCUT2D eigenvalue weighted by atomic mass is 10.2. The highest BCUT2D eigenvalue weighted by molar-refractivity contribution is 5.89. The molecule has 0 aliphatic heterocycles. The van der Waals surface area contributed by atoms with Gasteiger partial charge in [-0.05, 0) is 22.8 Å². The SMILES string of the molecule is O=C(O)C(=Cc1ccccc1)ON(OCc1ccccc1)OCc1ccccc1. The zero-order chi connectivity index (χ0) is 20.3. The Labute approximate surface area is 169 Å². The predicted octanol–water partition coefficient (Wildman–Crippen LogP) is 4.61. The molecule has 6 heteroatoms. The van der Waals surface area contributed by atoms with E-state index in [4.69, 9.17) is 14.5 Å². The largest absolute Gasteiger partial charge is 0.475 e. The standard InChI is InChI=1S/C23H21NO5/c25-23(26)22(16-19-10-4-1-5-11-19)29-24(27-17-20-12-6-2-7-13-20)28-18-21-14-8-3-9-15-21/h1-16H,17-18H2,(H,25,26). The number of carbonyl (C=O) groups is 1. The van der Waals surface area contributed by atoms with Crippen molar-refractivity contribution in [3.8, 4) is 0 Å². The Morgan fingerprint density at radius 2 is 1.21 bits per heavy atom. The number of aliphatic carboxylic acids is 1. The van der Waals surface area contributed by atoms with Gasteiger partial charge >= 0.3 is 5.97 Å². The molecule has 1 N–H and O–H groups in total. The Bertz CT molecular complexity index is 870. The zero-order valence-corrected chi connectivity index (χ0v) is 15.7. The Hall–Kier alpha value is -3.45. The lowest BCUT2D eigenvalue weighted by Crippen LogP contribution is -2.26. The molecule has 0 heterocycles. The van der Waals surface area contributed by atoms with E-state index in [-0.39, 0.29) is 19.0 Å². The summed E-state index contributed by atoms with van der Waals surface area (Å²) in [4.78, 5) is 28.2. The summed E-state index contributed by atoms with van der Waals surface area (Å²) in [6.07, 6.45) is 1.40. The van der Waals surface area contributed by atoms with Crippen LogP contribution in [0.3, 0.4) is 0 Å². The van der Waals surface area contributed by atoms with Gasteiger partial charge in [0.1, 0.15) is 5.39 Å². The van der Waals surface area contributed by atoms with Crippen molar-refractivity contribution < 1.29 is 24.4 Å². The minimum atomic E-state index is -1.24. The van der Waals surface area contributed by atoms with Crippen LogP contribution in [0.2, 0.25) is 0 Å². The Morgan fingerprint density at radius 1 is 0.759 bits per heavy atom. The molecule has 0 aromatic heterocycles. The second-order valence-corrected chi connectivity index (χ2v) is 6.06. The van der Waals surface area contributed by atoms with E-state index in [1.165, 1.54) is 6.08 Å². The van der Waals surface area contributed by atoms with Gasteiger partial charge in [0.2, 0.25) is 5.76 Å². The molecule has 0 spiro atoms. The molecule has 0 atom stereocenters. The maximum absolute atomic E-state index is 11.7. The van der Waals surface area contributed by atoms with Crippen molar-refractivity contribution in [3.63, 3.8) is 0 Å². The zero-order valence-electron chi connectivity index (χ0n) is 15.7. The Balaban J connectivity index is 1.72. The number of nitrogens with zero attached hydrogens (tertiary/aromatic N) is 1. The first kappa shape index (κ1) is 20.3. The van der Waals surface area contributed by atoms with Crippen LogP contribution in [-0.4, -0.2) is 16.5 Å².